The SMILES string of the molecule is COc1ccc(OC)c(NCc2cnc(C(C)(C)C)s2)c1. The van der Waals surface area contributed by atoms with Gasteiger partial charge in [-0.05, 0) is 12.1 Å². The van der Waals surface area contributed by atoms with E-state index in [0.29, 0.717) is 0 Å². The number of methoxy groups -OCH3 is 2. The molecule has 0 radical (unpaired) electrons. The van der Waals surface area contributed by atoms with E-state index in [1.807, 2.05) is 24.4 Å². The zero-order valence-electron chi connectivity index (χ0n) is 13.2. The van der Waals surface area contributed by atoms with E-state index < -0.39 is 0 Å². The number of hydrogen-bond acceptors (Lipinski definition) is 5. The Morgan fingerprint density at radius 1 is 1.19 bits per heavy atom. The molecule has 0 fully saturated rings. The van der Waals surface area contributed by atoms with Gasteiger partial charge >= 0.3 is 0 Å². The van der Waals surface area contributed by atoms with Crippen LogP contribution in [0.3, 0.4) is 0 Å². The fourth-order valence-corrected chi connectivity index (χ4v) is 2.78. The number of benzene rings is 1. The average Bonchev–Trinajstić information content (AvgIpc) is 2.93. The van der Waals surface area contributed by atoms with Gasteiger partial charge in [0.2, 0.25) is 0 Å². The fraction of sp³-hybridized carbons (Fsp3) is 0.438. The van der Waals surface area contributed by atoms with Gasteiger partial charge in [0.15, 0.2) is 0 Å². The minimum atomic E-state index is 0.0938. The van der Waals surface area contributed by atoms with E-state index in [2.05, 4.69) is 31.1 Å². The van der Waals surface area contributed by atoms with E-state index in [0.717, 1.165) is 28.7 Å². The number of ether oxygens (including phenoxy) is 2. The summed E-state index contributed by atoms with van der Waals surface area (Å²) in [5.41, 5.74) is 1.01. The number of anilines is 1. The zero-order valence-corrected chi connectivity index (χ0v) is 14.0. The van der Waals surface area contributed by atoms with Crippen LogP contribution in [-0.2, 0) is 12.0 Å². The molecule has 5 heteroatoms. The standard InChI is InChI=1S/C16H22N2O2S/c1-16(2,3)15-18-10-12(21-15)9-17-13-8-11(19-4)6-7-14(13)20-5/h6-8,10,17H,9H2,1-5H3. The molecule has 21 heavy (non-hydrogen) atoms. The Bertz CT molecular complexity index is 603. The highest BCUT2D eigenvalue weighted by Gasteiger charge is 2.18. The van der Waals surface area contributed by atoms with Gasteiger partial charge in [0.1, 0.15) is 11.5 Å². The Labute approximate surface area is 130 Å². The highest BCUT2D eigenvalue weighted by atomic mass is 32.1. The van der Waals surface area contributed by atoms with Gasteiger partial charge in [0.05, 0.1) is 31.5 Å². The first kappa shape index (κ1) is 15.6. The van der Waals surface area contributed by atoms with Crippen LogP contribution in [0.5, 0.6) is 11.5 Å². The van der Waals surface area contributed by atoms with E-state index in [9.17, 15) is 0 Å². The second-order valence-electron chi connectivity index (χ2n) is 5.80. The second-order valence-corrected chi connectivity index (χ2v) is 6.92. The lowest BCUT2D eigenvalue weighted by Gasteiger charge is -2.14. The Balaban J connectivity index is 2.10. The maximum Gasteiger partial charge on any atom is 0.142 e. The summed E-state index contributed by atoms with van der Waals surface area (Å²) in [6, 6.07) is 5.72. The molecule has 0 bridgehead atoms. The summed E-state index contributed by atoms with van der Waals surface area (Å²) < 4.78 is 10.6. The van der Waals surface area contributed by atoms with Crippen LogP contribution in [-0.4, -0.2) is 19.2 Å². The lowest BCUT2D eigenvalue weighted by molar-refractivity contribution is 0.404. The molecule has 2 aromatic rings. The van der Waals surface area contributed by atoms with E-state index in [4.69, 9.17) is 9.47 Å². The molecule has 1 N–H and O–H groups in total. The third-order valence-corrected chi connectivity index (χ3v) is 4.48. The van der Waals surface area contributed by atoms with Crippen LogP contribution < -0.4 is 14.8 Å². The van der Waals surface area contributed by atoms with Crippen molar-refractivity contribution in [2.75, 3.05) is 19.5 Å². The number of nitrogens with zero attached hydrogens (tertiary/aromatic N) is 1. The molecule has 0 aliphatic carbocycles. The number of thiazole rings is 1. The topological polar surface area (TPSA) is 43.4 Å². The summed E-state index contributed by atoms with van der Waals surface area (Å²) in [5.74, 6) is 1.61. The van der Waals surface area contributed by atoms with Gasteiger partial charge < -0.3 is 14.8 Å². The van der Waals surface area contributed by atoms with Gasteiger partial charge in [-0.2, -0.15) is 0 Å². The highest BCUT2D eigenvalue weighted by molar-refractivity contribution is 7.11. The first-order valence-corrected chi connectivity index (χ1v) is 7.67. The molecule has 0 saturated heterocycles. The molecule has 0 aliphatic heterocycles. The van der Waals surface area contributed by atoms with Gasteiger partial charge in [-0.25, -0.2) is 4.98 Å². The maximum absolute atomic E-state index is 5.36. The molecule has 0 aliphatic rings. The fourth-order valence-electron chi connectivity index (χ4n) is 1.87. The summed E-state index contributed by atoms with van der Waals surface area (Å²) in [6.07, 6.45) is 1.94. The molecule has 1 aromatic carbocycles. The Hall–Kier alpha value is -1.75. The maximum atomic E-state index is 5.36. The minimum Gasteiger partial charge on any atom is -0.497 e. The summed E-state index contributed by atoms with van der Waals surface area (Å²) in [6.45, 7) is 7.24. The van der Waals surface area contributed by atoms with Gasteiger partial charge in [0.25, 0.3) is 0 Å². The van der Waals surface area contributed by atoms with Crippen molar-refractivity contribution in [1.82, 2.24) is 4.98 Å². The van der Waals surface area contributed by atoms with Gasteiger partial charge in [-0.3, -0.25) is 0 Å². The molecule has 1 heterocycles. The molecular formula is C16H22N2O2S. The monoisotopic (exact) mass is 306 g/mol. The predicted octanol–water partition coefficient (Wildman–Crippen LogP) is 4.07. The quantitative estimate of drug-likeness (QED) is 0.904. The smallest absolute Gasteiger partial charge is 0.142 e. The average molecular weight is 306 g/mol. The number of hydrogen-bond donors (Lipinski definition) is 1. The Kier molecular flexibility index (Phi) is 4.73. The predicted molar refractivity (Wildman–Crippen MR) is 87.7 cm³/mol. The molecule has 4 nitrogen and oxygen atoms in total. The van der Waals surface area contributed by atoms with Crippen LogP contribution >= 0.6 is 11.3 Å². The molecule has 0 spiro atoms. The summed E-state index contributed by atoms with van der Waals surface area (Å²) in [5, 5.41) is 4.54. The van der Waals surface area contributed by atoms with Gasteiger partial charge in [0, 0.05) is 22.6 Å². The van der Waals surface area contributed by atoms with E-state index >= 15 is 0 Å². The Morgan fingerprint density at radius 3 is 2.52 bits per heavy atom. The first-order valence-electron chi connectivity index (χ1n) is 6.85. The molecular weight excluding hydrogens is 284 g/mol. The third kappa shape index (κ3) is 3.88. The number of rotatable bonds is 5. The highest BCUT2D eigenvalue weighted by Crippen LogP contribution is 2.31. The van der Waals surface area contributed by atoms with Crippen molar-refractivity contribution in [3.63, 3.8) is 0 Å². The normalized spacial score (nSPS) is 11.3. The summed E-state index contributed by atoms with van der Waals surface area (Å²) in [4.78, 5) is 5.70. The van der Waals surface area contributed by atoms with Crippen molar-refractivity contribution < 1.29 is 9.47 Å². The largest absolute Gasteiger partial charge is 0.497 e. The van der Waals surface area contributed by atoms with E-state index in [1.54, 1.807) is 25.6 Å². The van der Waals surface area contributed by atoms with Crippen LogP contribution in [0.15, 0.2) is 24.4 Å². The van der Waals surface area contributed by atoms with Crippen LogP contribution in [0.4, 0.5) is 5.69 Å². The molecule has 0 saturated carbocycles. The van der Waals surface area contributed by atoms with Crippen molar-refractivity contribution in [2.45, 2.75) is 32.7 Å². The van der Waals surface area contributed by atoms with Crippen molar-refractivity contribution in [1.29, 1.82) is 0 Å². The van der Waals surface area contributed by atoms with Crippen LogP contribution in [0.1, 0.15) is 30.7 Å². The van der Waals surface area contributed by atoms with Crippen LogP contribution in [0, 0.1) is 0 Å². The van der Waals surface area contributed by atoms with Gasteiger partial charge in [-0.15, -0.1) is 11.3 Å². The molecule has 114 valence electrons. The summed E-state index contributed by atoms with van der Waals surface area (Å²) >= 11 is 1.74. The minimum absolute atomic E-state index is 0.0938. The molecule has 0 amide bonds. The first-order chi connectivity index (χ1) is 9.94. The van der Waals surface area contributed by atoms with Crippen molar-refractivity contribution in [3.05, 3.63) is 34.3 Å². The molecule has 1 aromatic heterocycles. The summed E-state index contributed by atoms with van der Waals surface area (Å²) in [7, 11) is 3.32. The molecule has 0 unspecified atom stereocenters. The second kappa shape index (κ2) is 6.35. The van der Waals surface area contributed by atoms with Crippen molar-refractivity contribution in [3.8, 4) is 11.5 Å². The van der Waals surface area contributed by atoms with Crippen molar-refractivity contribution >= 4 is 17.0 Å². The lowest BCUT2D eigenvalue weighted by atomic mass is 9.98. The van der Waals surface area contributed by atoms with Crippen LogP contribution in [0.2, 0.25) is 0 Å². The number of aromatic nitrogens is 1. The Morgan fingerprint density at radius 2 is 1.95 bits per heavy atom. The third-order valence-electron chi connectivity index (χ3n) is 3.05. The van der Waals surface area contributed by atoms with E-state index in [1.165, 1.54) is 4.88 Å². The number of nitrogens with one attached hydrogen (secondary N) is 1. The van der Waals surface area contributed by atoms with E-state index in [-0.39, 0.29) is 5.41 Å². The lowest BCUT2D eigenvalue weighted by Crippen LogP contribution is -2.09. The van der Waals surface area contributed by atoms with Gasteiger partial charge in [-0.1, -0.05) is 20.8 Å². The zero-order chi connectivity index (χ0) is 15.5. The van der Waals surface area contributed by atoms with Crippen molar-refractivity contribution in [2.24, 2.45) is 0 Å². The van der Waals surface area contributed by atoms with Crippen LogP contribution in [0.25, 0.3) is 0 Å². The molecule has 2 rings (SSSR count). The molecule has 0 atom stereocenters.